The van der Waals surface area contributed by atoms with Gasteiger partial charge in [0.25, 0.3) is 0 Å². The molecule has 1 rings (SSSR count). The largest absolute Gasteiger partial charge is 0.389 e. The smallest absolute Gasteiger partial charge is 0.352 e. The molecule has 0 bridgehead atoms. The summed E-state index contributed by atoms with van der Waals surface area (Å²) in [5, 5.41) is 3.19. The first kappa shape index (κ1) is 15.1. The van der Waals surface area contributed by atoms with Gasteiger partial charge < -0.3 is 9.88 Å². The van der Waals surface area contributed by atoms with Crippen molar-refractivity contribution >= 4 is 0 Å². The summed E-state index contributed by atoms with van der Waals surface area (Å²) in [5.41, 5.74) is 3.61. The van der Waals surface area contributed by atoms with Crippen LogP contribution in [0.25, 0.3) is 0 Å². The molecule has 1 aromatic heterocycles. The highest BCUT2D eigenvalue weighted by atomic mass is 19.4. The third-order valence-electron chi connectivity index (χ3n) is 3.26. The van der Waals surface area contributed by atoms with E-state index in [0.29, 0.717) is 13.0 Å². The summed E-state index contributed by atoms with van der Waals surface area (Å²) in [4.78, 5) is 0. The summed E-state index contributed by atoms with van der Waals surface area (Å²) in [5.74, 6) is 0. The first-order valence-electron chi connectivity index (χ1n) is 6.20. The second kappa shape index (κ2) is 6.27. The van der Waals surface area contributed by atoms with E-state index >= 15 is 0 Å². The van der Waals surface area contributed by atoms with Crippen molar-refractivity contribution in [2.24, 2.45) is 7.05 Å². The molecule has 0 aromatic carbocycles. The fourth-order valence-electron chi connectivity index (χ4n) is 1.91. The molecule has 0 fully saturated rings. The van der Waals surface area contributed by atoms with Crippen LogP contribution in [0.5, 0.6) is 0 Å². The van der Waals surface area contributed by atoms with Gasteiger partial charge in [-0.25, -0.2) is 0 Å². The molecule has 0 unspecified atom stereocenters. The molecule has 104 valence electrons. The van der Waals surface area contributed by atoms with Crippen molar-refractivity contribution in [3.05, 3.63) is 23.0 Å². The molecule has 1 aromatic rings. The van der Waals surface area contributed by atoms with Crippen LogP contribution in [0.4, 0.5) is 13.2 Å². The van der Waals surface area contributed by atoms with Crippen LogP contribution in [0.15, 0.2) is 6.07 Å². The Hall–Kier alpha value is -0.970. The van der Waals surface area contributed by atoms with Crippen LogP contribution >= 0.6 is 0 Å². The Morgan fingerprint density at radius 1 is 1.22 bits per heavy atom. The number of rotatable bonds is 6. The number of hydrogen-bond acceptors (Lipinski definition) is 1. The standard InChI is InChI=1S/C13H21F3N2/c1-10-8-12(11(2)18(10)3)9-17-7-5-4-6-13(14,15)16/h8,17H,4-7,9H2,1-3H3. The lowest BCUT2D eigenvalue weighted by Crippen LogP contribution is -2.16. The van der Waals surface area contributed by atoms with Crippen molar-refractivity contribution in [1.82, 2.24) is 9.88 Å². The Bertz CT molecular complexity index is 380. The molecule has 1 heterocycles. The average Bonchev–Trinajstić information content (AvgIpc) is 2.50. The first-order chi connectivity index (χ1) is 8.31. The van der Waals surface area contributed by atoms with E-state index in [2.05, 4.69) is 16.0 Å². The van der Waals surface area contributed by atoms with Crippen LogP contribution in [-0.4, -0.2) is 17.3 Å². The van der Waals surface area contributed by atoms with Crippen LogP contribution in [-0.2, 0) is 13.6 Å². The molecule has 0 saturated carbocycles. The summed E-state index contributed by atoms with van der Waals surface area (Å²) in [6.07, 6.45) is -3.95. The Morgan fingerprint density at radius 3 is 2.39 bits per heavy atom. The SMILES string of the molecule is Cc1cc(CNCCCCC(F)(F)F)c(C)n1C. The Morgan fingerprint density at radius 2 is 1.89 bits per heavy atom. The second-order valence-electron chi connectivity index (χ2n) is 4.70. The number of aromatic nitrogens is 1. The van der Waals surface area contributed by atoms with Gasteiger partial charge in [0.15, 0.2) is 0 Å². The van der Waals surface area contributed by atoms with E-state index in [1.807, 2.05) is 20.9 Å². The van der Waals surface area contributed by atoms with Gasteiger partial charge in [-0.1, -0.05) is 0 Å². The lowest BCUT2D eigenvalue weighted by atomic mass is 10.2. The van der Waals surface area contributed by atoms with Gasteiger partial charge in [0.2, 0.25) is 0 Å². The minimum absolute atomic E-state index is 0.198. The third kappa shape index (κ3) is 4.72. The van der Waals surface area contributed by atoms with Gasteiger partial charge in [-0.3, -0.25) is 0 Å². The van der Waals surface area contributed by atoms with E-state index in [0.717, 1.165) is 6.54 Å². The van der Waals surface area contributed by atoms with E-state index in [4.69, 9.17) is 0 Å². The second-order valence-corrected chi connectivity index (χ2v) is 4.70. The number of alkyl halides is 3. The monoisotopic (exact) mass is 262 g/mol. The minimum atomic E-state index is -4.02. The molecule has 2 nitrogen and oxygen atoms in total. The number of hydrogen-bond donors (Lipinski definition) is 1. The first-order valence-corrected chi connectivity index (χ1v) is 6.20. The molecular formula is C13H21F3N2. The molecule has 0 spiro atoms. The molecule has 0 aliphatic carbocycles. The lowest BCUT2D eigenvalue weighted by molar-refractivity contribution is -0.135. The fourth-order valence-corrected chi connectivity index (χ4v) is 1.91. The molecular weight excluding hydrogens is 241 g/mol. The number of nitrogens with zero attached hydrogens (tertiary/aromatic N) is 1. The summed E-state index contributed by atoms with van der Waals surface area (Å²) in [6, 6.07) is 2.11. The van der Waals surface area contributed by atoms with Gasteiger partial charge in [0, 0.05) is 31.4 Å². The van der Waals surface area contributed by atoms with Crippen molar-refractivity contribution in [2.45, 2.75) is 45.8 Å². The molecule has 0 atom stereocenters. The zero-order chi connectivity index (χ0) is 13.8. The number of nitrogens with one attached hydrogen (secondary N) is 1. The Kier molecular flexibility index (Phi) is 5.26. The van der Waals surface area contributed by atoms with E-state index in [9.17, 15) is 13.2 Å². The molecule has 1 N–H and O–H groups in total. The molecule has 0 aliphatic rings. The Labute approximate surface area is 106 Å². The van der Waals surface area contributed by atoms with Gasteiger partial charge >= 0.3 is 6.18 Å². The van der Waals surface area contributed by atoms with E-state index in [1.165, 1.54) is 17.0 Å². The van der Waals surface area contributed by atoms with Crippen LogP contribution in [0.3, 0.4) is 0 Å². The summed E-state index contributed by atoms with van der Waals surface area (Å²) >= 11 is 0. The van der Waals surface area contributed by atoms with Gasteiger partial charge in [-0.2, -0.15) is 13.2 Å². The van der Waals surface area contributed by atoms with Gasteiger partial charge in [-0.05, 0) is 44.9 Å². The van der Waals surface area contributed by atoms with Crippen LogP contribution < -0.4 is 5.32 Å². The van der Waals surface area contributed by atoms with Crippen LogP contribution in [0.1, 0.15) is 36.2 Å². The molecule has 0 amide bonds. The highest BCUT2D eigenvalue weighted by Crippen LogP contribution is 2.21. The maximum absolute atomic E-state index is 11.9. The quantitative estimate of drug-likeness (QED) is 0.777. The zero-order valence-corrected chi connectivity index (χ0v) is 11.2. The number of aryl methyl sites for hydroxylation is 1. The normalized spacial score (nSPS) is 12.1. The van der Waals surface area contributed by atoms with E-state index in [1.54, 1.807) is 0 Å². The van der Waals surface area contributed by atoms with Gasteiger partial charge in [0.05, 0.1) is 0 Å². The summed E-state index contributed by atoms with van der Waals surface area (Å²) < 4.78 is 37.8. The molecule has 5 heteroatoms. The number of unbranched alkanes of at least 4 members (excludes halogenated alkanes) is 1. The predicted molar refractivity (Wildman–Crippen MR) is 66.5 cm³/mol. The zero-order valence-electron chi connectivity index (χ0n) is 11.2. The fraction of sp³-hybridized carbons (Fsp3) is 0.692. The number of halogens is 3. The maximum atomic E-state index is 11.9. The van der Waals surface area contributed by atoms with E-state index in [-0.39, 0.29) is 6.42 Å². The van der Waals surface area contributed by atoms with Crippen LogP contribution in [0.2, 0.25) is 0 Å². The summed E-state index contributed by atoms with van der Waals surface area (Å²) in [7, 11) is 2.01. The molecule has 18 heavy (non-hydrogen) atoms. The average molecular weight is 262 g/mol. The molecule has 0 saturated heterocycles. The van der Waals surface area contributed by atoms with Crippen molar-refractivity contribution < 1.29 is 13.2 Å². The highest BCUT2D eigenvalue weighted by molar-refractivity contribution is 5.26. The van der Waals surface area contributed by atoms with Gasteiger partial charge in [-0.15, -0.1) is 0 Å². The van der Waals surface area contributed by atoms with Crippen molar-refractivity contribution in [2.75, 3.05) is 6.54 Å². The Balaban J connectivity index is 2.20. The predicted octanol–water partition coefficient (Wildman–Crippen LogP) is 3.46. The van der Waals surface area contributed by atoms with Crippen LogP contribution in [0, 0.1) is 13.8 Å². The molecule has 0 radical (unpaired) electrons. The van der Waals surface area contributed by atoms with Crippen molar-refractivity contribution in [1.29, 1.82) is 0 Å². The van der Waals surface area contributed by atoms with Crippen molar-refractivity contribution in [3.63, 3.8) is 0 Å². The van der Waals surface area contributed by atoms with Crippen molar-refractivity contribution in [3.8, 4) is 0 Å². The topological polar surface area (TPSA) is 17.0 Å². The molecule has 0 aliphatic heterocycles. The van der Waals surface area contributed by atoms with Gasteiger partial charge in [0.1, 0.15) is 0 Å². The maximum Gasteiger partial charge on any atom is 0.389 e. The lowest BCUT2D eigenvalue weighted by Gasteiger charge is -2.07. The minimum Gasteiger partial charge on any atom is -0.352 e. The van der Waals surface area contributed by atoms with E-state index < -0.39 is 12.6 Å². The third-order valence-corrected chi connectivity index (χ3v) is 3.26. The highest BCUT2D eigenvalue weighted by Gasteiger charge is 2.25. The summed E-state index contributed by atoms with van der Waals surface area (Å²) in [6.45, 7) is 5.44.